The molecular weight excluding hydrogens is 393 g/mol. The van der Waals surface area contributed by atoms with Crippen LogP contribution in [0.4, 0.5) is 13.2 Å². The number of nitrogens with zero attached hydrogens (tertiary/aromatic N) is 1. The Morgan fingerprint density at radius 1 is 1.25 bits per heavy atom. The third-order valence-electron chi connectivity index (χ3n) is 3.95. The maximum Gasteiger partial charge on any atom is 0.416 e. The number of fused-ring (bicyclic) bond motifs is 1. The number of carbonyl (C=O) groups is 1. The Morgan fingerprint density at radius 2 is 1.93 bits per heavy atom. The predicted molar refractivity (Wildman–Crippen MR) is 101 cm³/mol. The minimum absolute atomic E-state index is 0.220. The summed E-state index contributed by atoms with van der Waals surface area (Å²) in [6, 6.07) is 4.61. The number of hydrogen-bond acceptors (Lipinski definition) is 5. The number of hydrogen-bond donors (Lipinski definition) is 1. The number of H-pyrrole nitrogens is 1. The fourth-order valence-electron chi connectivity index (χ4n) is 2.59. The van der Waals surface area contributed by atoms with E-state index < -0.39 is 23.3 Å². The molecule has 5 nitrogen and oxygen atoms in total. The highest BCUT2D eigenvalue weighted by atomic mass is 32.1. The van der Waals surface area contributed by atoms with Crippen molar-refractivity contribution in [2.75, 3.05) is 6.61 Å². The Labute approximate surface area is 161 Å². The smallest absolute Gasteiger partial charge is 0.416 e. The molecule has 0 spiro atoms. The molecule has 0 bridgehead atoms. The van der Waals surface area contributed by atoms with Gasteiger partial charge in [-0.05, 0) is 43.2 Å². The Balaban J connectivity index is 1.93. The summed E-state index contributed by atoms with van der Waals surface area (Å²) in [5.74, 6) is -0.279. The van der Waals surface area contributed by atoms with Gasteiger partial charge in [-0.25, -0.2) is 9.78 Å². The molecule has 0 atom stereocenters. The normalized spacial score (nSPS) is 12.0. The van der Waals surface area contributed by atoms with Crippen molar-refractivity contribution < 1.29 is 22.7 Å². The lowest BCUT2D eigenvalue weighted by molar-refractivity contribution is -0.137. The molecule has 146 valence electrons. The summed E-state index contributed by atoms with van der Waals surface area (Å²) in [6.07, 6.45) is -1.37. The van der Waals surface area contributed by atoms with Gasteiger partial charge in [0.2, 0.25) is 0 Å². The Morgan fingerprint density at radius 3 is 2.54 bits per heavy atom. The number of benzene rings is 1. The van der Waals surface area contributed by atoms with E-state index in [9.17, 15) is 22.8 Å². The number of esters is 1. The summed E-state index contributed by atoms with van der Waals surface area (Å²) < 4.78 is 42.8. The van der Waals surface area contributed by atoms with Crippen LogP contribution < -0.4 is 5.56 Å². The van der Waals surface area contributed by atoms with Gasteiger partial charge in [0.25, 0.3) is 5.56 Å². The number of nitrogens with one attached hydrogen (secondary N) is 1. The standard InChI is InChI=1S/C19H15F3N2O3S/c1-3-27-18(26)15-10(2)14-16(25)23-13(24-17(14)28-15)9-6-11-4-7-12(8-5-11)19(20,21)22/h4-9H,3H2,1-2H3,(H,23,24,25). The molecule has 3 rings (SSSR count). The van der Waals surface area contributed by atoms with Crippen molar-refractivity contribution in [2.24, 2.45) is 0 Å². The second-order valence-corrected chi connectivity index (χ2v) is 6.86. The SMILES string of the molecule is CCOC(=O)c1sc2nc(C=Cc3ccc(C(F)(F)F)cc3)[nH]c(=O)c2c1C. The zero-order valence-electron chi connectivity index (χ0n) is 14.9. The highest BCUT2D eigenvalue weighted by molar-refractivity contribution is 7.20. The van der Waals surface area contributed by atoms with Crippen LogP contribution in [-0.2, 0) is 10.9 Å². The maximum atomic E-state index is 12.6. The molecule has 0 amide bonds. The molecule has 0 aliphatic heterocycles. The van der Waals surface area contributed by atoms with E-state index in [4.69, 9.17) is 4.74 Å². The van der Waals surface area contributed by atoms with Gasteiger partial charge >= 0.3 is 12.1 Å². The van der Waals surface area contributed by atoms with E-state index in [1.807, 2.05) is 0 Å². The minimum atomic E-state index is -4.40. The number of thiophene rings is 1. The summed E-state index contributed by atoms with van der Waals surface area (Å²) in [5.41, 5.74) is -0.115. The van der Waals surface area contributed by atoms with E-state index in [0.717, 1.165) is 23.5 Å². The molecule has 3 aromatic rings. The van der Waals surface area contributed by atoms with Crippen molar-refractivity contribution in [2.45, 2.75) is 20.0 Å². The number of alkyl halides is 3. The highest BCUT2D eigenvalue weighted by Crippen LogP contribution is 2.30. The molecule has 0 saturated heterocycles. The molecule has 0 aliphatic rings. The van der Waals surface area contributed by atoms with Gasteiger partial charge in [-0.2, -0.15) is 13.2 Å². The van der Waals surface area contributed by atoms with Crippen LogP contribution in [0, 0.1) is 6.92 Å². The van der Waals surface area contributed by atoms with Gasteiger partial charge in [-0.1, -0.05) is 18.2 Å². The van der Waals surface area contributed by atoms with E-state index in [0.29, 0.717) is 26.2 Å². The lowest BCUT2D eigenvalue weighted by Gasteiger charge is -2.05. The van der Waals surface area contributed by atoms with Crippen LogP contribution >= 0.6 is 11.3 Å². The van der Waals surface area contributed by atoms with Crippen LogP contribution in [0.2, 0.25) is 0 Å². The van der Waals surface area contributed by atoms with Crippen LogP contribution in [0.3, 0.4) is 0 Å². The number of aryl methyl sites for hydroxylation is 1. The van der Waals surface area contributed by atoms with Crippen LogP contribution in [-0.4, -0.2) is 22.5 Å². The van der Waals surface area contributed by atoms with Gasteiger partial charge in [0.1, 0.15) is 15.5 Å². The number of aromatic nitrogens is 2. The van der Waals surface area contributed by atoms with Crippen molar-refractivity contribution in [1.82, 2.24) is 9.97 Å². The summed E-state index contributed by atoms with van der Waals surface area (Å²) in [4.78, 5) is 32.0. The van der Waals surface area contributed by atoms with Gasteiger partial charge in [-0.15, -0.1) is 11.3 Å². The molecule has 9 heteroatoms. The summed E-state index contributed by atoms with van der Waals surface area (Å²) in [6.45, 7) is 3.56. The number of halogens is 3. The van der Waals surface area contributed by atoms with Crippen molar-refractivity contribution in [3.63, 3.8) is 0 Å². The minimum Gasteiger partial charge on any atom is -0.462 e. The van der Waals surface area contributed by atoms with Gasteiger partial charge in [0, 0.05) is 0 Å². The zero-order chi connectivity index (χ0) is 20.5. The van der Waals surface area contributed by atoms with E-state index in [1.165, 1.54) is 24.3 Å². The predicted octanol–water partition coefficient (Wildman–Crippen LogP) is 4.66. The van der Waals surface area contributed by atoms with E-state index >= 15 is 0 Å². The average Bonchev–Trinajstić information content (AvgIpc) is 2.97. The second kappa shape index (κ2) is 7.59. The first-order valence-electron chi connectivity index (χ1n) is 8.26. The van der Waals surface area contributed by atoms with Crippen LogP contribution in [0.5, 0.6) is 0 Å². The molecule has 1 aromatic carbocycles. The summed E-state index contributed by atoms with van der Waals surface area (Å²) >= 11 is 1.06. The molecule has 0 radical (unpaired) electrons. The quantitative estimate of drug-likeness (QED) is 0.638. The largest absolute Gasteiger partial charge is 0.462 e. The summed E-state index contributed by atoms with van der Waals surface area (Å²) in [7, 11) is 0. The number of carbonyl (C=O) groups excluding carboxylic acids is 1. The van der Waals surface area contributed by atoms with E-state index in [1.54, 1.807) is 13.8 Å². The molecule has 1 N–H and O–H groups in total. The number of aromatic amines is 1. The first-order chi connectivity index (χ1) is 13.2. The van der Waals surface area contributed by atoms with Gasteiger partial charge in [-0.3, -0.25) is 4.79 Å². The number of rotatable bonds is 4. The third kappa shape index (κ3) is 3.99. The van der Waals surface area contributed by atoms with Gasteiger partial charge in [0.05, 0.1) is 17.6 Å². The van der Waals surface area contributed by atoms with Crippen molar-refractivity contribution >= 4 is 39.7 Å². The lowest BCUT2D eigenvalue weighted by Crippen LogP contribution is -2.10. The molecule has 0 unspecified atom stereocenters. The Kier molecular flexibility index (Phi) is 5.37. The zero-order valence-corrected chi connectivity index (χ0v) is 15.7. The van der Waals surface area contributed by atoms with Crippen LogP contribution in [0.1, 0.15) is 39.1 Å². The second-order valence-electron chi connectivity index (χ2n) is 5.86. The van der Waals surface area contributed by atoms with Crippen molar-refractivity contribution in [1.29, 1.82) is 0 Å². The fraction of sp³-hybridized carbons (Fsp3) is 0.211. The van der Waals surface area contributed by atoms with Gasteiger partial charge in [0.15, 0.2) is 0 Å². The van der Waals surface area contributed by atoms with Crippen molar-refractivity contribution in [3.8, 4) is 0 Å². The molecule has 0 saturated carbocycles. The average molecular weight is 408 g/mol. The van der Waals surface area contributed by atoms with Crippen LogP contribution in [0.25, 0.3) is 22.4 Å². The molecular formula is C19H15F3N2O3S. The lowest BCUT2D eigenvalue weighted by atomic mass is 10.1. The molecule has 28 heavy (non-hydrogen) atoms. The molecule has 2 heterocycles. The summed E-state index contributed by atoms with van der Waals surface area (Å²) in [5, 5.41) is 0.319. The Bertz CT molecular complexity index is 1110. The first-order valence-corrected chi connectivity index (χ1v) is 9.08. The highest BCUT2D eigenvalue weighted by Gasteiger charge is 2.29. The van der Waals surface area contributed by atoms with Crippen LogP contribution in [0.15, 0.2) is 29.1 Å². The number of ether oxygens (including phenoxy) is 1. The van der Waals surface area contributed by atoms with E-state index in [-0.39, 0.29) is 12.4 Å². The molecule has 0 fully saturated rings. The molecule has 2 aromatic heterocycles. The fourth-order valence-corrected chi connectivity index (χ4v) is 3.67. The van der Waals surface area contributed by atoms with E-state index in [2.05, 4.69) is 9.97 Å². The molecule has 0 aliphatic carbocycles. The maximum absolute atomic E-state index is 12.6. The first kappa shape index (κ1) is 19.8. The third-order valence-corrected chi connectivity index (χ3v) is 5.12. The topological polar surface area (TPSA) is 72.0 Å². The van der Waals surface area contributed by atoms with Crippen molar-refractivity contribution in [3.05, 3.63) is 62.0 Å². The Hall–Kier alpha value is -2.94. The monoisotopic (exact) mass is 408 g/mol. The van der Waals surface area contributed by atoms with Gasteiger partial charge < -0.3 is 9.72 Å².